The van der Waals surface area contributed by atoms with Crippen LogP contribution >= 0.6 is 0 Å². The Balaban J connectivity index is 1.77. The molecule has 4 rings (SSSR count). The van der Waals surface area contributed by atoms with Crippen LogP contribution < -0.4 is 14.8 Å². The van der Waals surface area contributed by atoms with E-state index >= 15 is 0 Å². The summed E-state index contributed by atoms with van der Waals surface area (Å²) in [6.07, 6.45) is -3.25. The van der Waals surface area contributed by atoms with E-state index in [2.05, 4.69) is 20.0 Å². The molecular weight excluding hydrogens is 435 g/mol. The van der Waals surface area contributed by atoms with Crippen LogP contribution in [0.25, 0.3) is 17.0 Å². The van der Waals surface area contributed by atoms with Crippen LogP contribution in [0.15, 0.2) is 60.8 Å². The van der Waals surface area contributed by atoms with Crippen molar-refractivity contribution < 1.29 is 31.4 Å². The molecule has 0 radical (unpaired) electrons. The van der Waals surface area contributed by atoms with Gasteiger partial charge in [-0.25, -0.2) is 9.97 Å². The molecule has 0 aliphatic rings. The highest BCUT2D eigenvalue weighted by Crippen LogP contribution is 2.38. The maximum absolute atomic E-state index is 13.7. The smallest absolute Gasteiger partial charge is 0.435 e. The summed E-state index contributed by atoms with van der Waals surface area (Å²) in [5.41, 5.74) is -0.772. The van der Waals surface area contributed by atoms with Gasteiger partial charge in [-0.2, -0.15) is 22.0 Å². The molecule has 32 heavy (non-hydrogen) atoms. The third-order valence-electron chi connectivity index (χ3n) is 4.43. The second-order valence-electron chi connectivity index (χ2n) is 6.54. The van der Waals surface area contributed by atoms with Crippen LogP contribution in [-0.2, 0) is 6.18 Å². The van der Waals surface area contributed by atoms with Crippen LogP contribution in [0.4, 0.5) is 33.5 Å². The lowest BCUT2D eigenvalue weighted by Crippen LogP contribution is -2.09. The van der Waals surface area contributed by atoms with Crippen molar-refractivity contribution >= 4 is 17.2 Å². The largest absolute Gasteiger partial charge is 0.497 e. The van der Waals surface area contributed by atoms with Gasteiger partial charge < -0.3 is 14.8 Å². The van der Waals surface area contributed by atoms with E-state index in [9.17, 15) is 22.0 Å². The average molecular weight is 450 g/mol. The van der Waals surface area contributed by atoms with E-state index in [4.69, 9.17) is 4.74 Å². The van der Waals surface area contributed by atoms with Crippen molar-refractivity contribution in [1.29, 1.82) is 0 Å². The molecule has 0 amide bonds. The molecule has 11 heteroatoms. The lowest BCUT2D eigenvalue weighted by molar-refractivity contribution is -0.140. The fourth-order valence-corrected chi connectivity index (χ4v) is 3.11. The third-order valence-corrected chi connectivity index (χ3v) is 4.43. The number of fused-ring (bicyclic) bond motifs is 1. The minimum Gasteiger partial charge on any atom is -0.497 e. The Bertz CT molecular complexity index is 1240. The quantitative estimate of drug-likeness (QED) is 0.378. The molecule has 0 spiro atoms. The molecule has 0 bridgehead atoms. The molecule has 0 aliphatic heterocycles. The van der Waals surface area contributed by atoms with Crippen molar-refractivity contribution in [2.24, 2.45) is 0 Å². The van der Waals surface area contributed by atoms with E-state index in [-0.39, 0.29) is 34.4 Å². The molecule has 0 aliphatic carbocycles. The third kappa shape index (κ3) is 4.41. The minimum atomic E-state index is -4.71. The number of ether oxygens (including phenoxy) is 2. The Labute approximate surface area is 178 Å². The summed E-state index contributed by atoms with van der Waals surface area (Å²) in [5, 5.41) is 2.92. The SMILES string of the molecule is COc1cc(Nc2ccc(OC(F)F)cc2)nc(-c2c(C(F)(F)F)nc3ccccn23)c1. The maximum Gasteiger partial charge on any atom is 0.435 e. The number of nitrogens with one attached hydrogen (secondary N) is 1. The number of aromatic nitrogens is 3. The summed E-state index contributed by atoms with van der Waals surface area (Å²) in [6.45, 7) is -2.95. The number of hydrogen-bond acceptors (Lipinski definition) is 5. The zero-order valence-electron chi connectivity index (χ0n) is 16.4. The van der Waals surface area contributed by atoms with Gasteiger partial charge in [-0.3, -0.25) is 4.40 Å². The summed E-state index contributed by atoms with van der Waals surface area (Å²) in [7, 11) is 1.37. The Kier molecular flexibility index (Phi) is 5.56. The summed E-state index contributed by atoms with van der Waals surface area (Å²) in [5.74, 6) is 0.403. The molecule has 4 aromatic rings. The van der Waals surface area contributed by atoms with Gasteiger partial charge in [-0.15, -0.1) is 0 Å². The number of anilines is 2. The zero-order chi connectivity index (χ0) is 22.9. The Hall–Kier alpha value is -3.89. The molecule has 0 unspecified atom stereocenters. The van der Waals surface area contributed by atoms with E-state index in [1.807, 2.05) is 0 Å². The molecule has 6 nitrogen and oxygen atoms in total. The number of hydrogen-bond donors (Lipinski definition) is 1. The normalized spacial score (nSPS) is 11.7. The van der Waals surface area contributed by atoms with Crippen molar-refractivity contribution in [2.45, 2.75) is 12.8 Å². The van der Waals surface area contributed by atoms with Crippen molar-refractivity contribution in [3.63, 3.8) is 0 Å². The van der Waals surface area contributed by atoms with Crippen molar-refractivity contribution in [1.82, 2.24) is 14.4 Å². The zero-order valence-corrected chi connectivity index (χ0v) is 16.4. The van der Waals surface area contributed by atoms with Gasteiger partial charge in [0.05, 0.1) is 12.8 Å². The van der Waals surface area contributed by atoms with Crippen molar-refractivity contribution in [3.05, 3.63) is 66.5 Å². The molecule has 3 aromatic heterocycles. The van der Waals surface area contributed by atoms with Gasteiger partial charge in [0.25, 0.3) is 0 Å². The van der Waals surface area contributed by atoms with Crippen LogP contribution in [-0.4, -0.2) is 28.1 Å². The van der Waals surface area contributed by atoms with Crippen LogP contribution in [0, 0.1) is 0 Å². The van der Waals surface area contributed by atoms with E-state index in [0.717, 1.165) is 0 Å². The number of imidazole rings is 1. The molecule has 1 N–H and O–H groups in total. The van der Waals surface area contributed by atoms with Gasteiger partial charge in [0.2, 0.25) is 0 Å². The summed E-state index contributed by atoms with van der Waals surface area (Å²) < 4.78 is 76.6. The highest BCUT2D eigenvalue weighted by Gasteiger charge is 2.38. The fraction of sp³-hybridized carbons (Fsp3) is 0.143. The predicted molar refractivity (Wildman–Crippen MR) is 106 cm³/mol. The Morgan fingerprint density at radius 3 is 2.38 bits per heavy atom. The van der Waals surface area contributed by atoms with Gasteiger partial charge in [0.15, 0.2) is 5.69 Å². The highest BCUT2D eigenvalue weighted by molar-refractivity contribution is 5.69. The van der Waals surface area contributed by atoms with Gasteiger partial charge >= 0.3 is 12.8 Å². The van der Waals surface area contributed by atoms with E-state index in [1.165, 1.54) is 60.2 Å². The van der Waals surface area contributed by atoms with Crippen LogP contribution in [0.5, 0.6) is 11.5 Å². The fourth-order valence-electron chi connectivity index (χ4n) is 3.11. The first-order chi connectivity index (χ1) is 15.2. The first-order valence-electron chi connectivity index (χ1n) is 9.17. The number of halogens is 5. The number of nitrogens with zero attached hydrogens (tertiary/aromatic N) is 3. The lowest BCUT2D eigenvalue weighted by atomic mass is 10.2. The molecule has 1 aromatic carbocycles. The topological polar surface area (TPSA) is 60.7 Å². The van der Waals surface area contributed by atoms with Gasteiger partial charge in [0.1, 0.15) is 28.7 Å². The van der Waals surface area contributed by atoms with Gasteiger partial charge in [-0.05, 0) is 36.4 Å². The Morgan fingerprint density at radius 1 is 0.969 bits per heavy atom. The number of methoxy groups -OCH3 is 1. The first kappa shape index (κ1) is 21.3. The molecule has 166 valence electrons. The average Bonchev–Trinajstić information content (AvgIpc) is 3.15. The lowest BCUT2D eigenvalue weighted by Gasteiger charge is -2.13. The van der Waals surface area contributed by atoms with Crippen LogP contribution in [0.1, 0.15) is 5.69 Å². The van der Waals surface area contributed by atoms with Gasteiger partial charge in [0, 0.05) is 24.0 Å². The molecule has 0 atom stereocenters. The molecular formula is C21H15F5N4O2. The van der Waals surface area contributed by atoms with Crippen molar-refractivity contribution in [3.8, 4) is 22.9 Å². The monoisotopic (exact) mass is 450 g/mol. The van der Waals surface area contributed by atoms with Crippen LogP contribution in [0.2, 0.25) is 0 Å². The van der Waals surface area contributed by atoms with E-state index in [0.29, 0.717) is 5.69 Å². The molecule has 0 saturated carbocycles. The van der Waals surface area contributed by atoms with Crippen LogP contribution in [0.3, 0.4) is 0 Å². The minimum absolute atomic E-state index is 0.0180. The number of alkyl halides is 5. The summed E-state index contributed by atoms with van der Waals surface area (Å²) in [6, 6.07) is 13.1. The molecule has 0 saturated heterocycles. The molecule has 3 heterocycles. The maximum atomic E-state index is 13.7. The highest BCUT2D eigenvalue weighted by atomic mass is 19.4. The first-order valence-corrected chi connectivity index (χ1v) is 9.17. The van der Waals surface area contributed by atoms with Gasteiger partial charge in [-0.1, -0.05) is 6.07 Å². The van der Waals surface area contributed by atoms with Crippen molar-refractivity contribution in [2.75, 3.05) is 12.4 Å². The van der Waals surface area contributed by atoms with E-state index < -0.39 is 18.5 Å². The summed E-state index contributed by atoms with van der Waals surface area (Å²) in [4.78, 5) is 8.04. The Morgan fingerprint density at radius 2 is 1.72 bits per heavy atom. The number of rotatable bonds is 6. The number of pyridine rings is 2. The second-order valence-corrected chi connectivity index (χ2v) is 6.54. The van der Waals surface area contributed by atoms with E-state index in [1.54, 1.807) is 12.1 Å². The summed E-state index contributed by atoms with van der Waals surface area (Å²) >= 11 is 0. The molecule has 0 fully saturated rings. The second kappa shape index (κ2) is 8.33. The standard InChI is InChI=1S/C21H15F5N4O2/c1-31-14-10-15(18-19(21(24,25)26)29-17-4-2-3-9-30(17)18)28-16(11-14)27-12-5-7-13(8-6-12)32-20(22)23/h2-11,20H,1H3,(H,27,28). The predicted octanol–water partition coefficient (Wildman–Crippen LogP) is 5.77. The number of benzene rings is 1.